The Balaban J connectivity index is 1.99. The molecule has 0 atom stereocenters. The molecular formula is C11H13N5O2. The standard InChI is InChI=1S/C11H13N5O2/c1-7-15-10(16-18-7)6-14-11(17)8-3-4-13-9(5-8)12-2/h3-5H,6H2,1-2H3,(H,12,13)(H,14,17). The minimum Gasteiger partial charge on any atom is -0.373 e. The molecule has 2 heterocycles. The molecule has 0 spiro atoms. The van der Waals surface area contributed by atoms with Gasteiger partial charge in [0, 0.05) is 25.7 Å². The Bertz CT molecular complexity index is 552. The third kappa shape index (κ3) is 2.82. The van der Waals surface area contributed by atoms with Gasteiger partial charge in [-0.25, -0.2) is 4.98 Å². The summed E-state index contributed by atoms with van der Waals surface area (Å²) in [6.07, 6.45) is 1.57. The van der Waals surface area contributed by atoms with Gasteiger partial charge in [0.25, 0.3) is 5.91 Å². The molecule has 0 aromatic carbocycles. The van der Waals surface area contributed by atoms with E-state index in [1.807, 2.05) is 0 Å². The first-order valence-corrected chi connectivity index (χ1v) is 5.40. The van der Waals surface area contributed by atoms with Crippen LogP contribution in [0.1, 0.15) is 22.1 Å². The molecule has 0 aliphatic carbocycles. The van der Waals surface area contributed by atoms with Crippen molar-refractivity contribution < 1.29 is 9.32 Å². The van der Waals surface area contributed by atoms with Gasteiger partial charge in [-0.3, -0.25) is 4.79 Å². The zero-order valence-electron chi connectivity index (χ0n) is 10.1. The SMILES string of the molecule is CNc1cc(C(=O)NCc2noc(C)n2)ccn1. The smallest absolute Gasteiger partial charge is 0.251 e. The van der Waals surface area contributed by atoms with Crippen LogP contribution in [0.5, 0.6) is 0 Å². The molecule has 7 nitrogen and oxygen atoms in total. The van der Waals surface area contributed by atoms with Gasteiger partial charge in [-0.1, -0.05) is 5.16 Å². The zero-order chi connectivity index (χ0) is 13.0. The van der Waals surface area contributed by atoms with Crippen molar-refractivity contribution in [1.82, 2.24) is 20.4 Å². The van der Waals surface area contributed by atoms with Gasteiger partial charge in [-0.05, 0) is 12.1 Å². The molecule has 0 saturated heterocycles. The Labute approximate surface area is 104 Å². The average molecular weight is 247 g/mol. The number of carbonyl (C=O) groups is 1. The molecule has 0 radical (unpaired) electrons. The van der Waals surface area contributed by atoms with E-state index < -0.39 is 0 Å². The predicted molar refractivity (Wildman–Crippen MR) is 64.0 cm³/mol. The number of pyridine rings is 1. The Morgan fingerprint density at radius 2 is 2.33 bits per heavy atom. The summed E-state index contributed by atoms with van der Waals surface area (Å²) >= 11 is 0. The molecule has 18 heavy (non-hydrogen) atoms. The average Bonchev–Trinajstić information content (AvgIpc) is 2.82. The Morgan fingerprint density at radius 1 is 1.50 bits per heavy atom. The lowest BCUT2D eigenvalue weighted by atomic mass is 10.2. The van der Waals surface area contributed by atoms with Crippen LogP contribution in [0, 0.1) is 6.92 Å². The van der Waals surface area contributed by atoms with E-state index in [2.05, 4.69) is 25.8 Å². The topological polar surface area (TPSA) is 92.9 Å². The maximum atomic E-state index is 11.8. The molecule has 0 aliphatic rings. The van der Waals surface area contributed by atoms with Crippen molar-refractivity contribution in [1.29, 1.82) is 0 Å². The van der Waals surface area contributed by atoms with Crippen molar-refractivity contribution in [3.05, 3.63) is 35.6 Å². The van der Waals surface area contributed by atoms with Crippen LogP contribution in [0.15, 0.2) is 22.9 Å². The van der Waals surface area contributed by atoms with Gasteiger partial charge >= 0.3 is 0 Å². The minimum absolute atomic E-state index is 0.212. The van der Waals surface area contributed by atoms with Gasteiger partial charge in [-0.15, -0.1) is 0 Å². The molecule has 0 bridgehead atoms. The number of amides is 1. The third-order valence-corrected chi connectivity index (χ3v) is 2.25. The lowest BCUT2D eigenvalue weighted by Crippen LogP contribution is -2.23. The normalized spacial score (nSPS) is 10.1. The van der Waals surface area contributed by atoms with E-state index >= 15 is 0 Å². The molecule has 2 rings (SSSR count). The van der Waals surface area contributed by atoms with Crippen LogP contribution in [0.25, 0.3) is 0 Å². The van der Waals surface area contributed by atoms with Crippen molar-refractivity contribution in [2.45, 2.75) is 13.5 Å². The van der Waals surface area contributed by atoms with E-state index in [0.29, 0.717) is 23.1 Å². The number of rotatable bonds is 4. The van der Waals surface area contributed by atoms with Crippen LogP contribution >= 0.6 is 0 Å². The predicted octanol–water partition coefficient (Wildman–Crippen LogP) is 0.745. The van der Waals surface area contributed by atoms with Crippen LogP contribution in [0.3, 0.4) is 0 Å². The summed E-state index contributed by atoms with van der Waals surface area (Å²) in [5.41, 5.74) is 0.523. The van der Waals surface area contributed by atoms with Gasteiger partial charge < -0.3 is 15.2 Å². The van der Waals surface area contributed by atoms with Crippen LogP contribution < -0.4 is 10.6 Å². The van der Waals surface area contributed by atoms with Crippen molar-refractivity contribution >= 4 is 11.7 Å². The van der Waals surface area contributed by atoms with E-state index in [-0.39, 0.29) is 12.5 Å². The molecule has 0 unspecified atom stereocenters. The molecular weight excluding hydrogens is 234 g/mol. The molecule has 2 aromatic heterocycles. The highest BCUT2D eigenvalue weighted by Gasteiger charge is 2.08. The number of nitrogens with one attached hydrogen (secondary N) is 2. The van der Waals surface area contributed by atoms with Gasteiger partial charge in [0.2, 0.25) is 5.89 Å². The monoisotopic (exact) mass is 247 g/mol. The molecule has 94 valence electrons. The molecule has 0 saturated carbocycles. The Hall–Kier alpha value is -2.44. The summed E-state index contributed by atoms with van der Waals surface area (Å²) in [7, 11) is 1.74. The molecule has 1 amide bonds. The summed E-state index contributed by atoms with van der Waals surface area (Å²) in [6.45, 7) is 1.92. The number of hydrogen-bond acceptors (Lipinski definition) is 6. The molecule has 7 heteroatoms. The van der Waals surface area contributed by atoms with Crippen molar-refractivity contribution in [3.63, 3.8) is 0 Å². The van der Waals surface area contributed by atoms with E-state index in [1.54, 1.807) is 32.3 Å². The van der Waals surface area contributed by atoms with Gasteiger partial charge in [0.15, 0.2) is 5.82 Å². The van der Waals surface area contributed by atoms with E-state index in [1.165, 1.54) is 0 Å². The zero-order valence-corrected chi connectivity index (χ0v) is 10.1. The third-order valence-electron chi connectivity index (χ3n) is 2.25. The minimum atomic E-state index is -0.212. The van der Waals surface area contributed by atoms with Gasteiger partial charge in [0.05, 0.1) is 6.54 Å². The maximum absolute atomic E-state index is 11.8. The van der Waals surface area contributed by atoms with Crippen LogP contribution in [-0.2, 0) is 6.54 Å². The number of anilines is 1. The second-order valence-corrected chi connectivity index (χ2v) is 3.59. The lowest BCUT2D eigenvalue weighted by Gasteiger charge is -2.04. The quantitative estimate of drug-likeness (QED) is 0.828. The fourth-order valence-corrected chi connectivity index (χ4v) is 1.38. The van der Waals surface area contributed by atoms with Crippen molar-refractivity contribution in [3.8, 4) is 0 Å². The Kier molecular flexibility index (Phi) is 3.52. The summed E-state index contributed by atoms with van der Waals surface area (Å²) in [4.78, 5) is 19.9. The van der Waals surface area contributed by atoms with Crippen LogP contribution in [-0.4, -0.2) is 28.1 Å². The van der Waals surface area contributed by atoms with Crippen molar-refractivity contribution in [2.75, 3.05) is 12.4 Å². The molecule has 0 aliphatic heterocycles. The number of nitrogens with zero attached hydrogens (tertiary/aromatic N) is 3. The summed E-state index contributed by atoms with van der Waals surface area (Å²) in [6, 6.07) is 3.30. The number of aromatic nitrogens is 3. The highest BCUT2D eigenvalue weighted by atomic mass is 16.5. The summed E-state index contributed by atoms with van der Waals surface area (Å²) in [5.74, 6) is 1.35. The second kappa shape index (κ2) is 5.26. The lowest BCUT2D eigenvalue weighted by molar-refractivity contribution is 0.0949. The van der Waals surface area contributed by atoms with E-state index in [9.17, 15) is 4.79 Å². The molecule has 0 fully saturated rings. The van der Waals surface area contributed by atoms with E-state index in [0.717, 1.165) is 0 Å². The highest BCUT2D eigenvalue weighted by Crippen LogP contribution is 2.06. The van der Waals surface area contributed by atoms with Gasteiger partial charge in [-0.2, -0.15) is 4.98 Å². The first kappa shape index (κ1) is 12.0. The Morgan fingerprint density at radius 3 is 3.00 bits per heavy atom. The summed E-state index contributed by atoms with van der Waals surface area (Å²) in [5, 5.41) is 9.26. The summed E-state index contributed by atoms with van der Waals surface area (Å²) < 4.78 is 4.81. The number of carbonyl (C=O) groups excluding carboxylic acids is 1. The molecule has 2 aromatic rings. The van der Waals surface area contributed by atoms with E-state index in [4.69, 9.17) is 4.52 Å². The first-order valence-electron chi connectivity index (χ1n) is 5.40. The number of hydrogen-bond donors (Lipinski definition) is 2. The second-order valence-electron chi connectivity index (χ2n) is 3.59. The van der Waals surface area contributed by atoms with Gasteiger partial charge in [0.1, 0.15) is 5.82 Å². The highest BCUT2D eigenvalue weighted by molar-refractivity contribution is 5.94. The fraction of sp³-hybridized carbons (Fsp3) is 0.273. The molecule has 2 N–H and O–H groups in total. The van der Waals surface area contributed by atoms with Crippen LogP contribution in [0.2, 0.25) is 0 Å². The maximum Gasteiger partial charge on any atom is 0.251 e. The largest absolute Gasteiger partial charge is 0.373 e. The number of aryl methyl sites for hydroxylation is 1. The first-order chi connectivity index (χ1) is 8.69. The van der Waals surface area contributed by atoms with Crippen LogP contribution in [0.4, 0.5) is 5.82 Å². The van der Waals surface area contributed by atoms with Crippen molar-refractivity contribution in [2.24, 2.45) is 0 Å². The fourth-order valence-electron chi connectivity index (χ4n) is 1.38.